The van der Waals surface area contributed by atoms with Crippen molar-refractivity contribution in [3.63, 3.8) is 0 Å². The number of carboxylic acid groups (broad SMARTS) is 1. The Labute approximate surface area is 130 Å². The Bertz CT molecular complexity index is 592. The molecule has 22 heavy (non-hydrogen) atoms. The molecule has 0 aliphatic heterocycles. The topological polar surface area (TPSA) is 66.8 Å². The number of rotatable bonds is 6. The third-order valence-corrected chi connectivity index (χ3v) is 3.11. The smallest absolute Gasteiger partial charge is 0.387 e. The van der Waals surface area contributed by atoms with Crippen LogP contribution in [0.25, 0.3) is 6.08 Å². The summed E-state index contributed by atoms with van der Waals surface area (Å²) in [4.78, 5) is 23.6. The van der Waals surface area contributed by atoms with Crippen molar-refractivity contribution in [3.05, 3.63) is 34.9 Å². The summed E-state index contributed by atoms with van der Waals surface area (Å²) < 4.78 is 28.9. The Kier molecular flexibility index (Phi) is 6.30. The van der Waals surface area contributed by atoms with Gasteiger partial charge in [-0.3, -0.25) is 4.79 Å². The highest BCUT2D eigenvalue weighted by Crippen LogP contribution is 2.25. The molecule has 0 spiro atoms. The van der Waals surface area contributed by atoms with Gasteiger partial charge in [-0.1, -0.05) is 11.6 Å². The lowest BCUT2D eigenvalue weighted by Crippen LogP contribution is -2.39. The average molecular weight is 334 g/mol. The zero-order chi connectivity index (χ0) is 16.9. The second-order valence-corrected chi connectivity index (χ2v) is 4.79. The maximum absolute atomic E-state index is 12.3. The van der Waals surface area contributed by atoms with E-state index in [1.54, 1.807) is 0 Å². The summed E-state index contributed by atoms with van der Waals surface area (Å²) in [6.45, 7) is -1.67. The van der Waals surface area contributed by atoms with E-state index in [1.807, 2.05) is 0 Å². The van der Waals surface area contributed by atoms with Crippen LogP contribution in [0.5, 0.6) is 5.75 Å². The molecular formula is C14H14ClF2NO4. The first-order valence-corrected chi connectivity index (χ1v) is 6.52. The SMILES string of the molecule is CC(C(=O)O)N(C)C(=O)/C=C/c1cc(Cl)ccc1OC(F)F. The highest BCUT2D eigenvalue weighted by Gasteiger charge is 2.19. The number of hydrogen-bond acceptors (Lipinski definition) is 3. The minimum absolute atomic E-state index is 0.141. The van der Waals surface area contributed by atoms with Gasteiger partial charge in [0.05, 0.1) is 0 Å². The molecular weight excluding hydrogens is 320 g/mol. The maximum Gasteiger partial charge on any atom is 0.387 e. The zero-order valence-corrected chi connectivity index (χ0v) is 12.6. The Morgan fingerprint density at radius 2 is 2.05 bits per heavy atom. The van der Waals surface area contributed by atoms with Crippen molar-refractivity contribution in [3.8, 4) is 5.75 Å². The number of amides is 1. The fourth-order valence-electron chi connectivity index (χ4n) is 1.49. The fraction of sp³-hybridized carbons (Fsp3) is 0.286. The Morgan fingerprint density at radius 3 is 2.59 bits per heavy atom. The van der Waals surface area contributed by atoms with E-state index in [-0.39, 0.29) is 16.3 Å². The number of carbonyl (C=O) groups excluding carboxylic acids is 1. The molecule has 1 amide bonds. The predicted octanol–water partition coefficient (Wildman–Crippen LogP) is 2.89. The molecule has 0 aromatic heterocycles. The minimum atomic E-state index is -3.02. The van der Waals surface area contributed by atoms with Crippen LogP contribution in [0.3, 0.4) is 0 Å². The molecule has 1 unspecified atom stereocenters. The lowest BCUT2D eigenvalue weighted by atomic mass is 10.2. The van der Waals surface area contributed by atoms with Crippen LogP contribution in [0, 0.1) is 0 Å². The van der Waals surface area contributed by atoms with Crippen molar-refractivity contribution in [1.29, 1.82) is 0 Å². The van der Waals surface area contributed by atoms with E-state index in [0.717, 1.165) is 11.0 Å². The Balaban J connectivity index is 2.95. The second-order valence-electron chi connectivity index (χ2n) is 4.36. The van der Waals surface area contributed by atoms with Crippen LogP contribution in [0.15, 0.2) is 24.3 Å². The molecule has 1 N–H and O–H groups in total. The Hall–Kier alpha value is -2.15. The molecule has 0 heterocycles. The van der Waals surface area contributed by atoms with Gasteiger partial charge in [0.15, 0.2) is 0 Å². The summed E-state index contributed by atoms with van der Waals surface area (Å²) in [5.41, 5.74) is 0.178. The normalized spacial score (nSPS) is 12.5. The first-order chi connectivity index (χ1) is 10.2. The molecule has 1 atom stereocenters. The van der Waals surface area contributed by atoms with Gasteiger partial charge in [-0.25, -0.2) is 4.79 Å². The van der Waals surface area contributed by atoms with Gasteiger partial charge in [0, 0.05) is 23.7 Å². The number of carboxylic acids is 1. The van der Waals surface area contributed by atoms with Crippen LogP contribution in [0.1, 0.15) is 12.5 Å². The quantitative estimate of drug-likeness (QED) is 0.813. The number of halogens is 3. The molecule has 0 aliphatic rings. The van der Waals surface area contributed by atoms with Crippen molar-refractivity contribution in [1.82, 2.24) is 4.90 Å². The molecule has 0 radical (unpaired) electrons. The number of hydrogen-bond donors (Lipinski definition) is 1. The van der Waals surface area contributed by atoms with E-state index in [0.29, 0.717) is 0 Å². The van der Waals surface area contributed by atoms with Crippen molar-refractivity contribution in [2.75, 3.05) is 7.05 Å². The molecule has 8 heteroatoms. The van der Waals surface area contributed by atoms with Crippen LogP contribution < -0.4 is 4.74 Å². The summed E-state index contributed by atoms with van der Waals surface area (Å²) >= 11 is 5.77. The molecule has 120 valence electrons. The fourth-order valence-corrected chi connectivity index (χ4v) is 1.67. The number of carbonyl (C=O) groups is 2. The number of ether oxygens (including phenoxy) is 1. The van der Waals surface area contributed by atoms with Crippen molar-refractivity contribution >= 4 is 29.6 Å². The monoisotopic (exact) mass is 333 g/mol. The van der Waals surface area contributed by atoms with Crippen LogP contribution in [0.4, 0.5) is 8.78 Å². The maximum atomic E-state index is 12.3. The molecule has 1 aromatic rings. The first-order valence-electron chi connectivity index (χ1n) is 6.14. The van der Waals surface area contributed by atoms with Crippen LogP contribution >= 0.6 is 11.6 Å². The van der Waals surface area contributed by atoms with E-state index in [1.165, 1.54) is 38.2 Å². The van der Waals surface area contributed by atoms with E-state index < -0.39 is 24.5 Å². The lowest BCUT2D eigenvalue weighted by molar-refractivity contribution is -0.146. The molecule has 0 bridgehead atoms. The summed E-state index contributed by atoms with van der Waals surface area (Å²) in [5, 5.41) is 9.11. The van der Waals surface area contributed by atoms with Crippen LogP contribution in [-0.2, 0) is 9.59 Å². The van der Waals surface area contributed by atoms with Gasteiger partial charge < -0.3 is 14.7 Å². The minimum Gasteiger partial charge on any atom is -0.480 e. The Morgan fingerprint density at radius 1 is 1.41 bits per heavy atom. The van der Waals surface area contributed by atoms with Gasteiger partial charge in [0.2, 0.25) is 5.91 Å². The van der Waals surface area contributed by atoms with Gasteiger partial charge >= 0.3 is 12.6 Å². The van der Waals surface area contributed by atoms with Crippen LogP contribution in [-0.4, -0.2) is 41.6 Å². The molecule has 0 aliphatic carbocycles. The molecule has 1 rings (SSSR count). The third-order valence-electron chi connectivity index (χ3n) is 2.88. The number of benzene rings is 1. The van der Waals surface area contributed by atoms with Crippen LogP contribution in [0.2, 0.25) is 5.02 Å². The first kappa shape index (κ1) is 17.9. The molecule has 0 saturated carbocycles. The average Bonchev–Trinajstić information content (AvgIpc) is 2.44. The van der Waals surface area contributed by atoms with Gasteiger partial charge in [-0.2, -0.15) is 8.78 Å². The van der Waals surface area contributed by atoms with Gasteiger partial charge in [0.25, 0.3) is 0 Å². The number of aliphatic carboxylic acids is 1. The van der Waals surface area contributed by atoms with Gasteiger partial charge in [-0.15, -0.1) is 0 Å². The molecule has 0 fully saturated rings. The standard InChI is InChI=1S/C14H14ClF2NO4/c1-8(13(20)21)18(2)12(19)6-3-9-7-10(15)4-5-11(9)22-14(16)17/h3-8,14H,1-2H3,(H,20,21)/b6-3+. The van der Waals surface area contributed by atoms with E-state index in [9.17, 15) is 18.4 Å². The summed E-state index contributed by atoms with van der Waals surface area (Å²) in [5.74, 6) is -1.90. The zero-order valence-electron chi connectivity index (χ0n) is 11.8. The third kappa shape index (κ3) is 5.00. The van der Waals surface area contributed by atoms with E-state index in [4.69, 9.17) is 16.7 Å². The summed E-state index contributed by atoms with van der Waals surface area (Å²) in [6.07, 6.45) is 2.29. The van der Waals surface area contributed by atoms with Crippen molar-refractivity contribution < 1.29 is 28.2 Å². The predicted molar refractivity (Wildman–Crippen MR) is 77.0 cm³/mol. The van der Waals surface area contributed by atoms with Crippen molar-refractivity contribution in [2.45, 2.75) is 19.6 Å². The molecule has 5 nitrogen and oxygen atoms in total. The summed E-state index contributed by atoms with van der Waals surface area (Å²) in [6, 6.07) is 2.96. The highest BCUT2D eigenvalue weighted by atomic mass is 35.5. The highest BCUT2D eigenvalue weighted by molar-refractivity contribution is 6.30. The number of alkyl halides is 2. The van der Waals surface area contributed by atoms with Crippen molar-refractivity contribution in [2.24, 2.45) is 0 Å². The van der Waals surface area contributed by atoms with E-state index in [2.05, 4.69) is 4.74 Å². The lowest BCUT2D eigenvalue weighted by Gasteiger charge is -2.19. The second kappa shape index (κ2) is 7.74. The molecule has 0 saturated heterocycles. The van der Waals surface area contributed by atoms with E-state index >= 15 is 0 Å². The largest absolute Gasteiger partial charge is 0.480 e. The van der Waals surface area contributed by atoms with Gasteiger partial charge in [0.1, 0.15) is 11.8 Å². The van der Waals surface area contributed by atoms with Gasteiger partial charge in [-0.05, 0) is 31.2 Å². The number of likely N-dealkylation sites (N-methyl/N-ethyl adjacent to an activating group) is 1. The number of nitrogens with zero attached hydrogens (tertiary/aromatic N) is 1. The molecule has 1 aromatic carbocycles. The summed E-state index contributed by atoms with van der Waals surface area (Å²) in [7, 11) is 1.32.